The zero-order valence-electron chi connectivity index (χ0n) is 19.7. The van der Waals surface area contributed by atoms with Gasteiger partial charge in [-0.15, -0.1) is 0 Å². The van der Waals surface area contributed by atoms with E-state index in [4.69, 9.17) is 10.1 Å². The summed E-state index contributed by atoms with van der Waals surface area (Å²) in [5, 5.41) is 7.93. The van der Waals surface area contributed by atoms with Crippen molar-refractivity contribution in [2.24, 2.45) is 0 Å². The normalized spacial score (nSPS) is 16.7. The third-order valence-corrected chi connectivity index (χ3v) is 6.37. The van der Waals surface area contributed by atoms with Gasteiger partial charge in [0, 0.05) is 42.7 Å². The Morgan fingerprint density at radius 1 is 1.22 bits per heavy atom. The van der Waals surface area contributed by atoms with Crippen molar-refractivity contribution < 1.29 is 4.79 Å². The first-order chi connectivity index (χ1) is 15.5. The molecule has 32 heavy (non-hydrogen) atoms. The molecule has 1 atom stereocenters. The molecule has 7 heteroatoms. The standard InChI is InChI=1S/C25H34N6O/c1-5-13-26-25(32)12-11-21-18(3)28-24-15-22(29-31(24)19(21)4)23-10-7-14-30(23)16-20-9-6-8-17(2)27-20/h6,8-9,15,23H,5,7,10-14,16H2,1-4H3,(H,26,32)/t23-/m1/s1. The van der Waals surface area contributed by atoms with Crippen LogP contribution in [0.15, 0.2) is 24.3 Å². The maximum Gasteiger partial charge on any atom is 0.220 e. The van der Waals surface area contributed by atoms with E-state index in [1.165, 1.54) is 0 Å². The second kappa shape index (κ2) is 9.77. The minimum Gasteiger partial charge on any atom is -0.356 e. The predicted octanol–water partition coefficient (Wildman–Crippen LogP) is 3.85. The fourth-order valence-electron chi connectivity index (χ4n) is 4.71. The summed E-state index contributed by atoms with van der Waals surface area (Å²) >= 11 is 0. The molecular formula is C25H34N6O. The first kappa shape index (κ1) is 22.4. The van der Waals surface area contributed by atoms with E-state index in [0.29, 0.717) is 12.8 Å². The maximum absolute atomic E-state index is 12.1. The van der Waals surface area contributed by atoms with Crippen LogP contribution in [0.2, 0.25) is 0 Å². The number of fused-ring (bicyclic) bond motifs is 1. The van der Waals surface area contributed by atoms with Crippen LogP contribution in [0.5, 0.6) is 0 Å². The van der Waals surface area contributed by atoms with Gasteiger partial charge in [0.05, 0.1) is 17.4 Å². The van der Waals surface area contributed by atoms with Crippen LogP contribution < -0.4 is 5.32 Å². The van der Waals surface area contributed by atoms with E-state index in [9.17, 15) is 4.79 Å². The molecule has 7 nitrogen and oxygen atoms in total. The summed E-state index contributed by atoms with van der Waals surface area (Å²) < 4.78 is 1.96. The van der Waals surface area contributed by atoms with Crippen LogP contribution in [0.3, 0.4) is 0 Å². The van der Waals surface area contributed by atoms with Gasteiger partial charge in [-0.25, -0.2) is 9.50 Å². The topological polar surface area (TPSA) is 75.4 Å². The van der Waals surface area contributed by atoms with Crippen molar-refractivity contribution in [3.8, 4) is 0 Å². The molecule has 0 aromatic carbocycles. The molecule has 3 aromatic rings. The quantitative estimate of drug-likeness (QED) is 0.583. The summed E-state index contributed by atoms with van der Waals surface area (Å²) in [4.78, 5) is 24.1. The molecule has 1 fully saturated rings. The van der Waals surface area contributed by atoms with Crippen molar-refractivity contribution in [2.75, 3.05) is 13.1 Å². The van der Waals surface area contributed by atoms with Crippen LogP contribution in [-0.2, 0) is 17.8 Å². The third kappa shape index (κ3) is 4.83. The van der Waals surface area contributed by atoms with E-state index in [2.05, 4.69) is 47.2 Å². The van der Waals surface area contributed by atoms with Gasteiger partial charge in [-0.2, -0.15) is 5.10 Å². The molecule has 0 radical (unpaired) electrons. The lowest BCUT2D eigenvalue weighted by atomic mass is 10.1. The molecule has 1 N–H and O–H groups in total. The van der Waals surface area contributed by atoms with Crippen molar-refractivity contribution >= 4 is 11.6 Å². The fraction of sp³-hybridized carbons (Fsp3) is 0.520. The Kier molecular flexibility index (Phi) is 6.84. The van der Waals surface area contributed by atoms with Crippen molar-refractivity contribution in [1.29, 1.82) is 0 Å². The highest BCUT2D eigenvalue weighted by atomic mass is 16.1. The Bertz CT molecular complexity index is 1110. The smallest absolute Gasteiger partial charge is 0.220 e. The van der Waals surface area contributed by atoms with Crippen molar-refractivity contribution in [3.05, 3.63) is 58.3 Å². The average Bonchev–Trinajstić information content (AvgIpc) is 3.39. The van der Waals surface area contributed by atoms with Gasteiger partial charge in [0.2, 0.25) is 5.91 Å². The molecule has 1 aliphatic heterocycles. The van der Waals surface area contributed by atoms with E-state index in [1.54, 1.807) is 0 Å². The van der Waals surface area contributed by atoms with E-state index in [0.717, 1.165) is 78.6 Å². The lowest BCUT2D eigenvalue weighted by molar-refractivity contribution is -0.121. The Morgan fingerprint density at radius 3 is 2.84 bits per heavy atom. The van der Waals surface area contributed by atoms with E-state index >= 15 is 0 Å². The summed E-state index contributed by atoms with van der Waals surface area (Å²) in [6, 6.07) is 8.62. The second-order valence-corrected chi connectivity index (χ2v) is 8.85. The van der Waals surface area contributed by atoms with E-state index in [1.807, 2.05) is 24.4 Å². The number of pyridine rings is 1. The first-order valence-electron chi connectivity index (χ1n) is 11.7. The number of carbonyl (C=O) groups is 1. The zero-order chi connectivity index (χ0) is 22.7. The number of hydrogen-bond acceptors (Lipinski definition) is 5. The number of amides is 1. The highest BCUT2D eigenvalue weighted by Crippen LogP contribution is 2.33. The first-order valence-corrected chi connectivity index (χ1v) is 11.7. The van der Waals surface area contributed by atoms with Gasteiger partial charge in [0.15, 0.2) is 5.65 Å². The summed E-state index contributed by atoms with van der Waals surface area (Å²) in [5.74, 6) is 0.0956. The molecule has 4 heterocycles. The molecule has 3 aromatic heterocycles. The zero-order valence-corrected chi connectivity index (χ0v) is 19.7. The molecule has 0 bridgehead atoms. The highest BCUT2D eigenvalue weighted by molar-refractivity contribution is 5.76. The number of carbonyl (C=O) groups excluding carboxylic acids is 1. The number of rotatable bonds is 8. The van der Waals surface area contributed by atoms with Crippen molar-refractivity contribution in [3.63, 3.8) is 0 Å². The van der Waals surface area contributed by atoms with Crippen LogP contribution in [0, 0.1) is 20.8 Å². The van der Waals surface area contributed by atoms with Crippen molar-refractivity contribution in [2.45, 2.75) is 72.4 Å². The van der Waals surface area contributed by atoms with Crippen LogP contribution in [0.4, 0.5) is 0 Å². The molecule has 0 unspecified atom stereocenters. The number of nitrogens with one attached hydrogen (secondary N) is 1. The molecule has 1 aliphatic rings. The highest BCUT2D eigenvalue weighted by Gasteiger charge is 2.29. The molecule has 4 rings (SSSR count). The minimum atomic E-state index is 0.0956. The molecule has 170 valence electrons. The van der Waals surface area contributed by atoms with Crippen LogP contribution in [0.1, 0.15) is 72.7 Å². The lowest BCUT2D eigenvalue weighted by Crippen LogP contribution is -2.24. The molecule has 0 aliphatic carbocycles. The van der Waals surface area contributed by atoms with Crippen LogP contribution in [0.25, 0.3) is 5.65 Å². The number of aromatic nitrogens is 4. The van der Waals surface area contributed by atoms with E-state index in [-0.39, 0.29) is 11.9 Å². The Balaban J connectivity index is 1.55. The molecular weight excluding hydrogens is 400 g/mol. The Hall–Kier alpha value is -2.80. The van der Waals surface area contributed by atoms with Gasteiger partial charge in [0.1, 0.15) is 0 Å². The molecule has 0 spiro atoms. The van der Waals surface area contributed by atoms with Gasteiger partial charge in [-0.05, 0) is 70.7 Å². The monoisotopic (exact) mass is 434 g/mol. The summed E-state index contributed by atoms with van der Waals surface area (Å²) in [6.07, 6.45) is 4.36. The summed E-state index contributed by atoms with van der Waals surface area (Å²) in [6.45, 7) is 10.8. The predicted molar refractivity (Wildman–Crippen MR) is 125 cm³/mol. The van der Waals surface area contributed by atoms with Gasteiger partial charge in [0.25, 0.3) is 0 Å². The van der Waals surface area contributed by atoms with Crippen LogP contribution in [-0.4, -0.2) is 43.5 Å². The molecule has 1 amide bonds. The molecule has 0 saturated carbocycles. The number of hydrogen-bond donors (Lipinski definition) is 1. The minimum absolute atomic E-state index is 0.0956. The lowest BCUT2D eigenvalue weighted by Gasteiger charge is -2.22. The van der Waals surface area contributed by atoms with Gasteiger partial charge in [-0.3, -0.25) is 14.7 Å². The maximum atomic E-state index is 12.1. The summed E-state index contributed by atoms with van der Waals surface area (Å²) in [7, 11) is 0. The van der Waals surface area contributed by atoms with Gasteiger partial charge in [-0.1, -0.05) is 13.0 Å². The number of aryl methyl sites for hydroxylation is 3. The number of likely N-dealkylation sites (tertiary alicyclic amines) is 1. The van der Waals surface area contributed by atoms with Gasteiger partial charge >= 0.3 is 0 Å². The number of nitrogens with zero attached hydrogens (tertiary/aromatic N) is 5. The average molecular weight is 435 g/mol. The largest absolute Gasteiger partial charge is 0.356 e. The fourth-order valence-corrected chi connectivity index (χ4v) is 4.71. The van der Waals surface area contributed by atoms with Crippen molar-refractivity contribution in [1.82, 2.24) is 29.8 Å². The van der Waals surface area contributed by atoms with Gasteiger partial charge < -0.3 is 5.32 Å². The Morgan fingerprint density at radius 2 is 2.06 bits per heavy atom. The van der Waals surface area contributed by atoms with E-state index < -0.39 is 0 Å². The summed E-state index contributed by atoms with van der Waals surface area (Å²) in [5.41, 5.74) is 7.29. The third-order valence-electron chi connectivity index (χ3n) is 6.37. The molecule has 1 saturated heterocycles. The van der Waals surface area contributed by atoms with Crippen LogP contribution >= 0.6 is 0 Å². The second-order valence-electron chi connectivity index (χ2n) is 8.85. The SMILES string of the molecule is CCCNC(=O)CCc1c(C)nc2cc([C@H]3CCCN3Cc3cccc(C)n3)nn2c1C. The Labute approximate surface area is 190 Å².